The van der Waals surface area contributed by atoms with Crippen LogP contribution < -0.4 is 20.5 Å². The maximum Gasteiger partial charge on any atom is 0.258 e. The number of nitrogens with one attached hydrogen (secondary N) is 1. The molecule has 0 saturated carbocycles. The molecule has 3 N–H and O–H groups in total. The first kappa shape index (κ1) is 17.3. The summed E-state index contributed by atoms with van der Waals surface area (Å²) in [6.07, 6.45) is 1.82. The van der Waals surface area contributed by atoms with Crippen LogP contribution in [0.2, 0.25) is 0 Å². The highest BCUT2D eigenvalue weighted by Crippen LogP contribution is 2.29. The average Bonchev–Trinajstić information content (AvgIpc) is 2.50. The molecule has 0 heterocycles. The number of hydrogen-bond donors (Lipinski definition) is 2. The normalized spacial score (nSPS) is 12.1. The van der Waals surface area contributed by atoms with Crippen molar-refractivity contribution in [3.05, 3.63) is 23.8 Å². The van der Waals surface area contributed by atoms with Crippen LogP contribution in [0.15, 0.2) is 18.2 Å². The molecule has 1 amide bonds. The molecule has 0 bridgehead atoms. The third-order valence-corrected chi connectivity index (χ3v) is 3.42. The van der Waals surface area contributed by atoms with Crippen molar-refractivity contribution >= 4 is 5.91 Å². The van der Waals surface area contributed by atoms with Gasteiger partial charge in [-0.05, 0) is 37.5 Å². The van der Waals surface area contributed by atoms with E-state index in [-0.39, 0.29) is 24.6 Å². The van der Waals surface area contributed by atoms with Crippen LogP contribution in [0.4, 0.5) is 0 Å². The number of carbonyl (C=O) groups is 1. The maximum atomic E-state index is 11.8. The van der Waals surface area contributed by atoms with Crippen molar-refractivity contribution in [3.63, 3.8) is 0 Å². The van der Waals surface area contributed by atoms with Gasteiger partial charge in [0.15, 0.2) is 18.1 Å². The molecule has 1 rings (SSSR count). The number of ether oxygens (including phenoxy) is 2. The largest absolute Gasteiger partial charge is 0.493 e. The molecule has 1 aromatic carbocycles. The van der Waals surface area contributed by atoms with E-state index in [1.165, 1.54) is 0 Å². The quantitative estimate of drug-likeness (QED) is 0.772. The zero-order valence-electron chi connectivity index (χ0n) is 13.3. The van der Waals surface area contributed by atoms with E-state index < -0.39 is 0 Å². The number of amides is 1. The molecule has 0 radical (unpaired) electrons. The molecule has 0 unspecified atom stereocenters. The third-order valence-electron chi connectivity index (χ3n) is 3.42. The molecule has 118 valence electrons. The number of methoxy groups -OCH3 is 1. The first-order valence-electron chi connectivity index (χ1n) is 7.37. The Labute approximate surface area is 126 Å². The van der Waals surface area contributed by atoms with Crippen molar-refractivity contribution < 1.29 is 14.3 Å². The van der Waals surface area contributed by atoms with Gasteiger partial charge in [0.05, 0.1) is 7.11 Å². The van der Waals surface area contributed by atoms with E-state index in [2.05, 4.69) is 5.32 Å². The second-order valence-electron chi connectivity index (χ2n) is 5.07. The van der Waals surface area contributed by atoms with Gasteiger partial charge in [0.25, 0.3) is 5.91 Å². The van der Waals surface area contributed by atoms with Crippen molar-refractivity contribution in [2.75, 3.05) is 13.7 Å². The molecule has 0 aliphatic carbocycles. The topological polar surface area (TPSA) is 73.6 Å². The molecule has 0 fully saturated rings. The number of hydrogen-bond acceptors (Lipinski definition) is 4. The Balaban J connectivity index is 2.64. The van der Waals surface area contributed by atoms with Crippen LogP contribution in [0.25, 0.3) is 0 Å². The standard InChI is InChI=1S/C16H26N2O3/c1-5-13(6-2)18-16(19)10-21-14-8-7-12(11(3)17)9-15(14)20-4/h7-9,11,13H,5-6,10,17H2,1-4H3,(H,18,19)/t11-/m1/s1. The smallest absolute Gasteiger partial charge is 0.258 e. The lowest BCUT2D eigenvalue weighted by molar-refractivity contribution is -0.123. The van der Waals surface area contributed by atoms with Gasteiger partial charge >= 0.3 is 0 Å². The molecule has 1 atom stereocenters. The molecule has 21 heavy (non-hydrogen) atoms. The van der Waals surface area contributed by atoms with Gasteiger partial charge in [0.2, 0.25) is 0 Å². The second-order valence-corrected chi connectivity index (χ2v) is 5.07. The van der Waals surface area contributed by atoms with E-state index in [4.69, 9.17) is 15.2 Å². The van der Waals surface area contributed by atoms with Gasteiger partial charge in [-0.1, -0.05) is 19.9 Å². The molecule has 0 aliphatic heterocycles. The minimum atomic E-state index is -0.123. The summed E-state index contributed by atoms with van der Waals surface area (Å²) in [6.45, 7) is 5.97. The van der Waals surface area contributed by atoms with Crippen LogP contribution in [-0.4, -0.2) is 25.7 Å². The molecule has 5 nitrogen and oxygen atoms in total. The molecular weight excluding hydrogens is 268 g/mol. The molecule has 0 spiro atoms. The van der Waals surface area contributed by atoms with Crippen molar-refractivity contribution in [2.24, 2.45) is 5.73 Å². The molecule has 0 saturated heterocycles. The van der Waals surface area contributed by atoms with Crippen LogP contribution in [0.3, 0.4) is 0 Å². The van der Waals surface area contributed by atoms with Gasteiger partial charge in [-0.2, -0.15) is 0 Å². The summed E-state index contributed by atoms with van der Waals surface area (Å²) < 4.78 is 10.8. The zero-order valence-corrected chi connectivity index (χ0v) is 13.3. The lowest BCUT2D eigenvalue weighted by Crippen LogP contribution is -2.37. The first-order valence-corrected chi connectivity index (χ1v) is 7.37. The van der Waals surface area contributed by atoms with Crippen LogP contribution >= 0.6 is 0 Å². The lowest BCUT2D eigenvalue weighted by atomic mass is 10.1. The highest BCUT2D eigenvalue weighted by atomic mass is 16.5. The number of carbonyl (C=O) groups excluding carboxylic acids is 1. The van der Waals surface area contributed by atoms with Gasteiger partial charge in [0.1, 0.15) is 0 Å². The molecule has 0 aromatic heterocycles. The highest BCUT2D eigenvalue weighted by Gasteiger charge is 2.12. The fraction of sp³-hybridized carbons (Fsp3) is 0.562. The Morgan fingerprint density at radius 3 is 2.48 bits per heavy atom. The SMILES string of the molecule is CCC(CC)NC(=O)COc1ccc([C@@H](C)N)cc1OC. The summed E-state index contributed by atoms with van der Waals surface area (Å²) in [5, 5.41) is 2.93. The number of nitrogens with two attached hydrogens (primary N) is 1. The minimum absolute atomic E-state index is 0.0234. The molecule has 1 aromatic rings. The van der Waals surface area contributed by atoms with E-state index in [1.54, 1.807) is 13.2 Å². The molecule has 5 heteroatoms. The van der Waals surface area contributed by atoms with Crippen LogP contribution in [0.1, 0.15) is 45.2 Å². The van der Waals surface area contributed by atoms with Crippen molar-refractivity contribution in [1.29, 1.82) is 0 Å². The van der Waals surface area contributed by atoms with Gasteiger partial charge < -0.3 is 20.5 Å². The first-order chi connectivity index (χ1) is 10.0. The Morgan fingerprint density at radius 1 is 1.29 bits per heavy atom. The molecule has 0 aliphatic rings. The Morgan fingerprint density at radius 2 is 1.95 bits per heavy atom. The number of benzene rings is 1. The van der Waals surface area contributed by atoms with Crippen LogP contribution in [0, 0.1) is 0 Å². The van der Waals surface area contributed by atoms with Gasteiger partial charge in [-0.15, -0.1) is 0 Å². The maximum absolute atomic E-state index is 11.8. The summed E-state index contributed by atoms with van der Waals surface area (Å²) >= 11 is 0. The number of rotatable bonds is 8. The summed E-state index contributed by atoms with van der Waals surface area (Å²) in [5.41, 5.74) is 6.79. The monoisotopic (exact) mass is 294 g/mol. The predicted octanol–water partition coefficient (Wildman–Crippen LogP) is 2.40. The summed E-state index contributed by atoms with van der Waals surface area (Å²) in [7, 11) is 1.57. The van der Waals surface area contributed by atoms with E-state index in [1.807, 2.05) is 32.9 Å². The highest BCUT2D eigenvalue weighted by molar-refractivity contribution is 5.77. The van der Waals surface area contributed by atoms with Crippen molar-refractivity contribution in [2.45, 2.75) is 45.7 Å². The van der Waals surface area contributed by atoms with Crippen LogP contribution in [-0.2, 0) is 4.79 Å². The minimum Gasteiger partial charge on any atom is -0.493 e. The third kappa shape index (κ3) is 5.27. The Bertz CT molecular complexity index is 457. The van der Waals surface area contributed by atoms with Gasteiger partial charge in [0, 0.05) is 12.1 Å². The lowest BCUT2D eigenvalue weighted by Gasteiger charge is -2.16. The zero-order chi connectivity index (χ0) is 15.8. The fourth-order valence-corrected chi connectivity index (χ4v) is 1.99. The van der Waals surface area contributed by atoms with E-state index in [0.717, 1.165) is 18.4 Å². The summed E-state index contributed by atoms with van der Waals surface area (Å²) in [6, 6.07) is 5.61. The molecular formula is C16H26N2O3. The second kappa shape index (κ2) is 8.52. The predicted molar refractivity (Wildman–Crippen MR) is 83.6 cm³/mol. The van der Waals surface area contributed by atoms with Crippen molar-refractivity contribution in [3.8, 4) is 11.5 Å². The Kier molecular flexibility index (Phi) is 7.02. The van der Waals surface area contributed by atoms with Gasteiger partial charge in [-0.3, -0.25) is 4.79 Å². The van der Waals surface area contributed by atoms with Crippen LogP contribution in [0.5, 0.6) is 11.5 Å². The summed E-state index contributed by atoms with van der Waals surface area (Å²) in [4.78, 5) is 11.8. The van der Waals surface area contributed by atoms with Gasteiger partial charge in [-0.25, -0.2) is 0 Å². The van der Waals surface area contributed by atoms with E-state index in [0.29, 0.717) is 11.5 Å². The van der Waals surface area contributed by atoms with E-state index in [9.17, 15) is 4.79 Å². The van der Waals surface area contributed by atoms with E-state index >= 15 is 0 Å². The average molecular weight is 294 g/mol. The fourth-order valence-electron chi connectivity index (χ4n) is 1.99. The van der Waals surface area contributed by atoms with Crippen molar-refractivity contribution in [1.82, 2.24) is 5.32 Å². The summed E-state index contributed by atoms with van der Waals surface area (Å²) in [5.74, 6) is 1.00. The Hall–Kier alpha value is -1.75.